The normalized spacial score (nSPS) is 18.0. The van der Waals surface area contributed by atoms with Crippen molar-refractivity contribution in [3.8, 4) is 0 Å². The fraction of sp³-hybridized carbons (Fsp3) is 0.286. The van der Waals surface area contributed by atoms with E-state index in [9.17, 15) is 4.39 Å². The van der Waals surface area contributed by atoms with Gasteiger partial charge in [0.15, 0.2) is 0 Å². The predicted octanol–water partition coefficient (Wildman–Crippen LogP) is 1.48. The van der Waals surface area contributed by atoms with Gasteiger partial charge in [0.1, 0.15) is 17.5 Å². The SMILES string of the molecule is Nc1nc(Nc2ccccc2F)cc(N2CC[C@@H](N)C2)n1. The second kappa shape index (κ2) is 5.53. The summed E-state index contributed by atoms with van der Waals surface area (Å²) in [7, 11) is 0. The molecule has 0 radical (unpaired) electrons. The van der Waals surface area contributed by atoms with Crippen molar-refractivity contribution in [2.24, 2.45) is 5.73 Å². The van der Waals surface area contributed by atoms with Crippen molar-refractivity contribution in [2.75, 3.05) is 29.0 Å². The van der Waals surface area contributed by atoms with Crippen LogP contribution in [0.3, 0.4) is 0 Å². The molecule has 2 aromatic rings. The molecule has 1 saturated heterocycles. The molecule has 6 nitrogen and oxygen atoms in total. The van der Waals surface area contributed by atoms with E-state index in [2.05, 4.69) is 20.2 Å². The summed E-state index contributed by atoms with van der Waals surface area (Å²) in [4.78, 5) is 10.4. The van der Waals surface area contributed by atoms with E-state index in [0.717, 1.165) is 19.5 Å². The van der Waals surface area contributed by atoms with Crippen molar-refractivity contribution in [2.45, 2.75) is 12.5 Å². The van der Waals surface area contributed by atoms with Crippen LogP contribution in [-0.2, 0) is 0 Å². The number of nitrogens with one attached hydrogen (secondary N) is 1. The Kier molecular flexibility index (Phi) is 3.57. The second-order valence-corrected chi connectivity index (χ2v) is 5.07. The zero-order valence-electron chi connectivity index (χ0n) is 11.5. The summed E-state index contributed by atoms with van der Waals surface area (Å²) in [6.07, 6.45) is 0.917. The third-order valence-electron chi connectivity index (χ3n) is 3.42. The molecule has 7 heteroatoms. The molecule has 1 aliphatic heterocycles. The van der Waals surface area contributed by atoms with Gasteiger partial charge in [-0.25, -0.2) is 4.39 Å². The highest BCUT2D eigenvalue weighted by atomic mass is 19.1. The van der Waals surface area contributed by atoms with Crippen molar-refractivity contribution >= 4 is 23.3 Å². The zero-order chi connectivity index (χ0) is 14.8. The number of halogens is 1. The van der Waals surface area contributed by atoms with Gasteiger partial charge in [-0.3, -0.25) is 0 Å². The molecular formula is C14H17FN6. The van der Waals surface area contributed by atoms with Crippen LogP contribution in [-0.4, -0.2) is 29.1 Å². The summed E-state index contributed by atoms with van der Waals surface area (Å²) in [5.74, 6) is 0.962. The number of benzene rings is 1. The van der Waals surface area contributed by atoms with Crippen LogP contribution >= 0.6 is 0 Å². The first-order chi connectivity index (χ1) is 10.1. The van der Waals surface area contributed by atoms with Gasteiger partial charge in [-0.05, 0) is 18.6 Å². The number of anilines is 4. The molecule has 1 fully saturated rings. The molecule has 1 aromatic carbocycles. The van der Waals surface area contributed by atoms with Crippen LogP contribution in [0.1, 0.15) is 6.42 Å². The molecule has 0 unspecified atom stereocenters. The summed E-state index contributed by atoms with van der Waals surface area (Å²) in [5.41, 5.74) is 12.0. The molecule has 5 N–H and O–H groups in total. The van der Waals surface area contributed by atoms with E-state index in [0.29, 0.717) is 17.3 Å². The van der Waals surface area contributed by atoms with Gasteiger partial charge >= 0.3 is 0 Å². The van der Waals surface area contributed by atoms with Crippen LogP contribution in [0.4, 0.5) is 27.7 Å². The first-order valence-electron chi connectivity index (χ1n) is 6.78. The lowest BCUT2D eigenvalue weighted by Gasteiger charge is -2.18. The van der Waals surface area contributed by atoms with Crippen molar-refractivity contribution < 1.29 is 4.39 Å². The van der Waals surface area contributed by atoms with E-state index in [1.54, 1.807) is 24.3 Å². The Morgan fingerprint density at radius 3 is 2.81 bits per heavy atom. The fourth-order valence-electron chi connectivity index (χ4n) is 2.37. The molecule has 110 valence electrons. The summed E-state index contributed by atoms with van der Waals surface area (Å²) >= 11 is 0. The standard InChI is InChI=1S/C14H17FN6/c15-10-3-1-2-4-11(10)18-12-7-13(20-14(17)19-12)21-6-5-9(16)8-21/h1-4,7,9H,5-6,8,16H2,(H3,17,18,19,20)/t9-/m1/s1. The molecular weight excluding hydrogens is 271 g/mol. The van der Waals surface area contributed by atoms with Gasteiger partial charge in [0.05, 0.1) is 5.69 Å². The Labute approximate surface area is 122 Å². The lowest BCUT2D eigenvalue weighted by Crippen LogP contribution is -2.27. The number of nitrogen functional groups attached to an aromatic ring is 1. The Balaban J connectivity index is 1.86. The molecule has 0 bridgehead atoms. The maximum atomic E-state index is 13.7. The lowest BCUT2D eigenvalue weighted by molar-refractivity contribution is 0.632. The molecule has 1 aliphatic rings. The van der Waals surface area contributed by atoms with Crippen molar-refractivity contribution in [3.63, 3.8) is 0 Å². The molecule has 3 rings (SSSR count). The first-order valence-corrected chi connectivity index (χ1v) is 6.78. The first kappa shape index (κ1) is 13.6. The van der Waals surface area contributed by atoms with E-state index in [-0.39, 0.29) is 17.8 Å². The number of nitrogens with two attached hydrogens (primary N) is 2. The minimum atomic E-state index is -0.348. The van der Waals surface area contributed by atoms with E-state index >= 15 is 0 Å². The molecule has 1 atom stereocenters. The average molecular weight is 288 g/mol. The Bertz CT molecular complexity index is 647. The minimum Gasteiger partial charge on any atom is -0.368 e. The molecule has 1 aromatic heterocycles. The van der Waals surface area contributed by atoms with Gasteiger partial charge < -0.3 is 21.7 Å². The zero-order valence-corrected chi connectivity index (χ0v) is 11.5. The summed E-state index contributed by atoms with van der Waals surface area (Å²) in [5, 5.41) is 2.92. The topological polar surface area (TPSA) is 93.1 Å². The summed E-state index contributed by atoms with van der Waals surface area (Å²) < 4.78 is 13.7. The number of nitrogens with zero attached hydrogens (tertiary/aromatic N) is 3. The molecule has 0 spiro atoms. The van der Waals surface area contributed by atoms with Crippen molar-refractivity contribution in [1.29, 1.82) is 0 Å². The van der Waals surface area contributed by atoms with Crippen LogP contribution in [0.25, 0.3) is 0 Å². The van der Waals surface area contributed by atoms with Crippen molar-refractivity contribution in [1.82, 2.24) is 9.97 Å². The van der Waals surface area contributed by atoms with Crippen LogP contribution in [0, 0.1) is 5.82 Å². The van der Waals surface area contributed by atoms with Gasteiger partial charge in [-0.15, -0.1) is 0 Å². The van der Waals surface area contributed by atoms with E-state index < -0.39 is 0 Å². The minimum absolute atomic E-state index is 0.143. The molecule has 0 saturated carbocycles. The Morgan fingerprint density at radius 2 is 2.10 bits per heavy atom. The van der Waals surface area contributed by atoms with Crippen molar-refractivity contribution in [3.05, 3.63) is 36.1 Å². The summed E-state index contributed by atoms with van der Waals surface area (Å²) in [6.45, 7) is 1.56. The average Bonchev–Trinajstić information content (AvgIpc) is 2.88. The maximum Gasteiger partial charge on any atom is 0.223 e. The fourth-order valence-corrected chi connectivity index (χ4v) is 2.37. The number of aromatic nitrogens is 2. The molecule has 0 aliphatic carbocycles. The monoisotopic (exact) mass is 288 g/mol. The highest BCUT2D eigenvalue weighted by molar-refractivity contribution is 5.61. The van der Waals surface area contributed by atoms with Gasteiger partial charge in [-0.1, -0.05) is 12.1 Å². The van der Waals surface area contributed by atoms with Crippen LogP contribution in [0.2, 0.25) is 0 Å². The van der Waals surface area contributed by atoms with Gasteiger partial charge in [-0.2, -0.15) is 9.97 Å². The smallest absolute Gasteiger partial charge is 0.223 e. The second-order valence-electron chi connectivity index (χ2n) is 5.07. The third kappa shape index (κ3) is 3.03. The van der Waals surface area contributed by atoms with Crippen LogP contribution in [0.15, 0.2) is 30.3 Å². The number of hydrogen-bond acceptors (Lipinski definition) is 6. The molecule has 0 amide bonds. The Hall–Kier alpha value is -2.41. The third-order valence-corrected chi connectivity index (χ3v) is 3.42. The number of hydrogen-bond donors (Lipinski definition) is 3. The Morgan fingerprint density at radius 1 is 1.29 bits per heavy atom. The summed E-state index contributed by atoms with van der Waals surface area (Å²) in [6, 6.07) is 8.29. The lowest BCUT2D eigenvalue weighted by atomic mass is 10.3. The molecule has 21 heavy (non-hydrogen) atoms. The predicted molar refractivity (Wildman–Crippen MR) is 80.9 cm³/mol. The molecule has 2 heterocycles. The van der Waals surface area contributed by atoms with E-state index in [1.165, 1.54) is 6.07 Å². The number of para-hydroxylation sites is 1. The van der Waals surface area contributed by atoms with Crippen LogP contribution < -0.4 is 21.7 Å². The quantitative estimate of drug-likeness (QED) is 0.792. The van der Waals surface area contributed by atoms with E-state index in [4.69, 9.17) is 11.5 Å². The largest absolute Gasteiger partial charge is 0.368 e. The van der Waals surface area contributed by atoms with E-state index in [1.807, 2.05) is 0 Å². The highest BCUT2D eigenvalue weighted by Gasteiger charge is 2.21. The van der Waals surface area contributed by atoms with Gasteiger partial charge in [0.2, 0.25) is 5.95 Å². The highest BCUT2D eigenvalue weighted by Crippen LogP contribution is 2.24. The van der Waals surface area contributed by atoms with Gasteiger partial charge in [0, 0.05) is 25.2 Å². The number of rotatable bonds is 3. The maximum absolute atomic E-state index is 13.7. The van der Waals surface area contributed by atoms with Gasteiger partial charge in [0.25, 0.3) is 0 Å². The van der Waals surface area contributed by atoms with Crippen LogP contribution in [0.5, 0.6) is 0 Å².